The number of anilines is 1. The van der Waals surface area contributed by atoms with Gasteiger partial charge in [-0.3, -0.25) is 14.9 Å². The molecule has 0 aliphatic carbocycles. The second kappa shape index (κ2) is 10.5. The van der Waals surface area contributed by atoms with Crippen LogP contribution >= 0.6 is 0 Å². The maximum atomic E-state index is 12.2. The Hall–Kier alpha value is -3.44. The number of urea groups is 1. The van der Waals surface area contributed by atoms with E-state index in [0.29, 0.717) is 11.4 Å². The number of ether oxygens (including phenoxy) is 2. The van der Waals surface area contributed by atoms with Crippen molar-refractivity contribution in [2.24, 2.45) is 0 Å². The average molecular weight is 449 g/mol. The molecular weight excluding hydrogens is 426 g/mol. The molecule has 0 radical (unpaired) electrons. The number of esters is 1. The van der Waals surface area contributed by atoms with Gasteiger partial charge in [-0.05, 0) is 61.4 Å². The molecule has 3 N–H and O–H groups in total. The molecule has 11 heteroatoms. The zero-order valence-corrected chi connectivity index (χ0v) is 18.0. The number of methoxy groups -OCH3 is 1. The van der Waals surface area contributed by atoms with Crippen LogP contribution in [-0.4, -0.2) is 46.6 Å². The molecule has 0 saturated heterocycles. The molecule has 2 aromatic rings. The standard InChI is InChI=1S/C20H23N3O7S/c1-13-4-9-17(10-14(13)2)31(27,28)21-11-19(25)30-12-18(24)23-20(26)22-15-5-7-16(29-3)8-6-15/h4-10,21H,11-12H2,1-3H3,(H2,22,23,24,26). The van der Waals surface area contributed by atoms with Crippen molar-refractivity contribution in [3.8, 4) is 5.75 Å². The Kier molecular flexibility index (Phi) is 8.11. The summed E-state index contributed by atoms with van der Waals surface area (Å²) in [6.45, 7) is 2.20. The number of amides is 3. The first-order valence-electron chi connectivity index (χ1n) is 9.08. The van der Waals surface area contributed by atoms with Gasteiger partial charge in [-0.15, -0.1) is 0 Å². The Morgan fingerprint density at radius 1 is 0.968 bits per heavy atom. The highest BCUT2D eigenvalue weighted by atomic mass is 32.2. The van der Waals surface area contributed by atoms with Gasteiger partial charge in [-0.2, -0.15) is 4.72 Å². The number of aryl methyl sites for hydroxylation is 2. The average Bonchev–Trinajstić information content (AvgIpc) is 2.73. The summed E-state index contributed by atoms with van der Waals surface area (Å²) in [6, 6.07) is 10.1. The fourth-order valence-electron chi connectivity index (χ4n) is 2.31. The first-order valence-corrected chi connectivity index (χ1v) is 10.6. The quantitative estimate of drug-likeness (QED) is 0.519. The summed E-state index contributed by atoms with van der Waals surface area (Å²) in [5.74, 6) is -1.25. The van der Waals surface area contributed by atoms with Crippen molar-refractivity contribution in [2.75, 3.05) is 25.6 Å². The number of carbonyl (C=O) groups excluding carboxylic acids is 3. The van der Waals surface area contributed by atoms with Gasteiger partial charge in [-0.25, -0.2) is 13.2 Å². The van der Waals surface area contributed by atoms with Gasteiger partial charge in [0.05, 0.1) is 12.0 Å². The van der Waals surface area contributed by atoms with Crippen LogP contribution in [0.1, 0.15) is 11.1 Å². The highest BCUT2D eigenvalue weighted by Gasteiger charge is 2.17. The number of hydrogen-bond acceptors (Lipinski definition) is 7. The summed E-state index contributed by atoms with van der Waals surface area (Å²) in [7, 11) is -2.41. The second-order valence-corrected chi connectivity index (χ2v) is 8.23. The minimum atomic E-state index is -3.92. The van der Waals surface area contributed by atoms with Crippen molar-refractivity contribution in [3.63, 3.8) is 0 Å². The molecule has 0 fully saturated rings. The monoisotopic (exact) mass is 449 g/mol. The molecule has 31 heavy (non-hydrogen) atoms. The fourth-order valence-corrected chi connectivity index (χ4v) is 3.37. The molecule has 0 heterocycles. The lowest BCUT2D eigenvalue weighted by Crippen LogP contribution is -2.38. The molecule has 0 aromatic heterocycles. The Morgan fingerprint density at radius 3 is 2.26 bits per heavy atom. The van der Waals surface area contributed by atoms with Crippen molar-refractivity contribution in [1.29, 1.82) is 0 Å². The third-order valence-corrected chi connectivity index (χ3v) is 5.56. The minimum absolute atomic E-state index is 0.0105. The van der Waals surface area contributed by atoms with Crippen LogP contribution in [0, 0.1) is 13.8 Å². The van der Waals surface area contributed by atoms with Crippen molar-refractivity contribution >= 4 is 33.6 Å². The lowest BCUT2D eigenvalue weighted by molar-refractivity contribution is -0.147. The topological polar surface area (TPSA) is 140 Å². The first kappa shape index (κ1) is 23.8. The fraction of sp³-hybridized carbons (Fsp3) is 0.250. The molecule has 166 valence electrons. The first-order chi connectivity index (χ1) is 14.6. The van der Waals surface area contributed by atoms with Crippen LogP contribution in [0.25, 0.3) is 0 Å². The second-order valence-electron chi connectivity index (χ2n) is 6.46. The Morgan fingerprint density at radius 2 is 1.65 bits per heavy atom. The van der Waals surface area contributed by atoms with E-state index < -0.39 is 41.1 Å². The van der Waals surface area contributed by atoms with E-state index in [1.807, 2.05) is 12.2 Å². The number of benzene rings is 2. The summed E-state index contributed by atoms with van der Waals surface area (Å²) in [5, 5.41) is 4.41. The molecule has 2 rings (SSSR count). The van der Waals surface area contributed by atoms with Crippen LogP contribution in [0.5, 0.6) is 5.75 Å². The van der Waals surface area contributed by atoms with Crippen LogP contribution < -0.4 is 20.1 Å². The van der Waals surface area contributed by atoms with Gasteiger partial charge in [0.1, 0.15) is 12.3 Å². The minimum Gasteiger partial charge on any atom is -0.497 e. The van der Waals surface area contributed by atoms with Gasteiger partial charge in [0.2, 0.25) is 10.0 Å². The van der Waals surface area contributed by atoms with Crippen LogP contribution in [0.2, 0.25) is 0 Å². The van der Waals surface area contributed by atoms with E-state index in [4.69, 9.17) is 4.74 Å². The summed E-state index contributed by atoms with van der Waals surface area (Å²) in [5.41, 5.74) is 2.14. The molecule has 2 aromatic carbocycles. The lowest BCUT2D eigenvalue weighted by atomic mass is 10.1. The zero-order valence-electron chi connectivity index (χ0n) is 17.2. The third kappa shape index (κ3) is 7.39. The molecule has 0 unspecified atom stereocenters. The number of hydrogen-bond donors (Lipinski definition) is 3. The summed E-state index contributed by atoms with van der Waals surface area (Å²) in [4.78, 5) is 35.3. The summed E-state index contributed by atoms with van der Waals surface area (Å²) in [6.07, 6.45) is 0. The van der Waals surface area contributed by atoms with Gasteiger partial charge in [-0.1, -0.05) is 6.07 Å². The molecule has 0 aliphatic heterocycles. The van der Waals surface area contributed by atoms with Gasteiger partial charge < -0.3 is 14.8 Å². The van der Waals surface area contributed by atoms with Gasteiger partial charge in [0, 0.05) is 5.69 Å². The maximum Gasteiger partial charge on any atom is 0.325 e. The largest absolute Gasteiger partial charge is 0.497 e. The number of rotatable bonds is 8. The molecule has 0 aliphatic rings. The predicted octanol–water partition coefficient (Wildman–Crippen LogP) is 1.48. The van der Waals surface area contributed by atoms with E-state index in [1.54, 1.807) is 37.3 Å². The molecule has 0 saturated carbocycles. The SMILES string of the molecule is COc1ccc(NC(=O)NC(=O)COC(=O)CNS(=O)(=O)c2ccc(C)c(C)c2)cc1. The van der Waals surface area contributed by atoms with Crippen LogP contribution in [-0.2, 0) is 24.3 Å². The van der Waals surface area contributed by atoms with Crippen LogP contribution in [0.15, 0.2) is 47.4 Å². The summed E-state index contributed by atoms with van der Waals surface area (Å²) >= 11 is 0. The normalized spacial score (nSPS) is 10.8. The van der Waals surface area contributed by atoms with Crippen molar-refractivity contribution in [2.45, 2.75) is 18.7 Å². The lowest BCUT2D eigenvalue weighted by Gasteiger charge is -2.09. The van der Waals surface area contributed by atoms with E-state index in [0.717, 1.165) is 11.1 Å². The predicted molar refractivity (Wildman–Crippen MR) is 112 cm³/mol. The Labute approximate surface area is 180 Å². The van der Waals surface area contributed by atoms with Crippen LogP contribution in [0.4, 0.5) is 10.5 Å². The molecule has 3 amide bonds. The van der Waals surface area contributed by atoms with E-state index in [-0.39, 0.29) is 4.90 Å². The smallest absolute Gasteiger partial charge is 0.325 e. The molecule has 10 nitrogen and oxygen atoms in total. The number of carbonyl (C=O) groups is 3. The third-order valence-electron chi connectivity index (χ3n) is 4.16. The zero-order chi connectivity index (χ0) is 23.0. The number of nitrogens with one attached hydrogen (secondary N) is 3. The Bertz CT molecular complexity index is 1070. The van der Waals surface area contributed by atoms with Crippen LogP contribution in [0.3, 0.4) is 0 Å². The molecule has 0 atom stereocenters. The Balaban J connectivity index is 1.76. The number of imide groups is 1. The van der Waals surface area contributed by atoms with E-state index >= 15 is 0 Å². The van der Waals surface area contributed by atoms with Gasteiger partial charge >= 0.3 is 12.0 Å². The van der Waals surface area contributed by atoms with Crippen molar-refractivity contribution in [3.05, 3.63) is 53.6 Å². The maximum absolute atomic E-state index is 12.2. The van der Waals surface area contributed by atoms with Crippen molar-refractivity contribution in [1.82, 2.24) is 10.0 Å². The van der Waals surface area contributed by atoms with Gasteiger partial charge in [0.15, 0.2) is 6.61 Å². The summed E-state index contributed by atoms with van der Waals surface area (Å²) < 4.78 is 36.3. The van der Waals surface area contributed by atoms with Crippen molar-refractivity contribution < 1.29 is 32.3 Å². The van der Waals surface area contributed by atoms with E-state index in [1.165, 1.54) is 19.2 Å². The highest BCUT2D eigenvalue weighted by Crippen LogP contribution is 2.15. The highest BCUT2D eigenvalue weighted by molar-refractivity contribution is 7.89. The molecular formula is C20H23N3O7S. The molecule has 0 spiro atoms. The van der Waals surface area contributed by atoms with Gasteiger partial charge in [0.25, 0.3) is 5.91 Å². The number of sulfonamides is 1. The van der Waals surface area contributed by atoms with E-state index in [9.17, 15) is 22.8 Å². The van der Waals surface area contributed by atoms with E-state index in [2.05, 4.69) is 14.8 Å². The molecule has 0 bridgehead atoms.